The summed E-state index contributed by atoms with van der Waals surface area (Å²) in [7, 11) is 0. The number of nitrogens with zero attached hydrogens (tertiary/aromatic N) is 3. The Labute approximate surface area is 141 Å². The van der Waals surface area contributed by atoms with E-state index in [4.69, 9.17) is 0 Å². The highest BCUT2D eigenvalue weighted by molar-refractivity contribution is 6.00. The highest BCUT2D eigenvalue weighted by atomic mass is 16.6. The van der Waals surface area contributed by atoms with Crippen LogP contribution < -0.4 is 5.43 Å². The van der Waals surface area contributed by atoms with Crippen molar-refractivity contribution in [2.75, 3.05) is 0 Å². The van der Waals surface area contributed by atoms with Gasteiger partial charge in [0.15, 0.2) is 5.75 Å². The molecule has 25 heavy (non-hydrogen) atoms. The number of carbonyl (C=O) groups excluding carboxylic acids is 1. The summed E-state index contributed by atoms with van der Waals surface area (Å²) in [5, 5.41) is 25.4. The Balaban J connectivity index is 1.92. The van der Waals surface area contributed by atoms with Gasteiger partial charge in [-0.3, -0.25) is 19.9 Å². The maximum Gasteiger partial charge on any atom is 0.279 e. The molecule has 0 fully saturated rings. The van der Waals surface area contributed by atoms with Crippen LogP contribution in [0.4, 0.5) is 5.69 Å². The van der Waals surface area contributed by atoms with Crippen molar-refractivity contribution >= 4 is 28.7 Å². The van der Waals surface area contributed by atoms with Crippen LogP contribution in [0.25, 0.3) is 10.9 Å². The zero-order valence-electron chi connectivity index (χ0n) is 12.8. The molecule has 0 aliphatic heterocycles. The quantitative estimate of drug-likeness (QED) is 0.431. The van der Waals surface area contributed by atoms with Crippen molar-refractivity contribution in [3.63, 3.8) is 0 Å². The van der Waals surface area contributed by atoms with E-state index in [2.05, 4.69) is 15.5 Å². The summed E-state index contributed by atoms with van der Waals surface area (Å²) < 4.78 is 0. The Morgan fingerprint density at radius 3 is 2.72 bits per heavy atom. The zero-order valence-corrected chi connectivity index (χ0v) is 12.8. The molecular weight excluding hydrogens is 324 g/mol. The minimum atomic E-state index is -0.566. The Morgan fingerprint density at radius 2 is 2.00 bits per heavy atom. The fourth-order valence-corrected chi connectivity index (χ4v) is 2.29. The number of nitro benzene ring substituents is 1. The number of nitro groups is 1. The second kappa shape index (κ2) is 6.75. The molecule has 8 heteroatoms. The van der Waals surface area contributed by atoms with E-state index in [9.17, 15) is 20.0 Å². The first-order valence-electron chi connectivity index (χ1n) is 7.21. The van der Waals surface area contributed by atoms with E-state index in [0.717, 1.165) is 6.21 Å². The lowest BCUT2D eigenvalue weighted by atomic mass is 10.1. The lowest BCUT2D eigenvalue weighted by Crippen LogP contribution is -2.17. The molecule has 3 rings (SSSR count). The van der Waals surface area contributed by atoms with E-state index in [1.807, 2.05) is 0 Å². The molecule has 0 aliphatic rings. The number of non-ortho nitro benzene ring substituents is 1. The van der Waals surface area contributed by atoms with Crippen LogP contribution in [0.15, 0.2) is 59.8 Å². The van der Waals surface area contributed by atoms with Crippen molar-refractivity contribution in [3.05, 3.63) is 76.0 Å². The van der Waals surface area contributed by atoms with Crippen LogP contribution in [-0.2, 0) is 0 Å². The molecule has 0 radical (unpaired) electrons. The Morgan fingerprint density at radius 1 is 1.24 bits per heavy atom. The van der Waals surface area contributed by atoms with E-state index in [0.29, 0.717) is 5.56 Å². The van der Waals surface area contributed by atoms with Crippen molar-refractivity contribution in [1.82, 2.24) is 10.4 Å². The van der Waals surface area contributed by atoms with Crippen LogP contribution in [-0.4, -0.2) is 27.1 Å². The van der Waals surface area contributed by atoms with Crippen LogP contribution in [0.3, 0.4) is 0 Å². The normalized spacial score (nSPS) is 10.9. The molecule has 0 spiro atoms. The van der Waals surface area contributed by atoms with E-state index >= 15 is 0 Å². The van der Waals surface area contributed by atoms with E-state index in [1.165, 1.54) is 18.3 Å². The van der Waals surface area contributed by atoms with Crippen LogP contribution >= 0.6 is 0 Å². The van der Waals surface area contributed by atoms with Crippen LogP contribution in [0.5, 0.6) is 5.75 Å². The fourth-order valence-electron chi connectivity index (χ4n) is 2.29. The van der Waals surface area contributed by atoms with Gasteiger partial charge in [-0.25, -0.2) is 5.43 Å². The molecule has 2 aromatic carbocycles. The van der Waals surface area contributed by atoms with Gasteiger partial charge in [0.05, 0.1) is 16.5 Å². The van der Waals surface area contributed by atoms with Gasteiger partial charge in [0.2, 0.25) is 0 Å². The third-order valence-electron chi connectivity index (χ3n) is 3.48. The number of aromatic nitrogens is 1. The second-order valence-corrected chi connectivity index (χ2v) is 5.06. The number of pyridine rings is 1. The van der Waals surface area contributed by atoms with Gasteiger partial charge >= 0.3 is 0 Å². The molecule has 3 aromatic rings. The lowest BCUT2D eigenvalue weighted by molar-refractivity contribution is -0.383. The smallest absolute Gasteiger partial charge is 0.279 e. The molecule has 2 N–H and O–H groups in total. The average Bonchev–Trinajstić information content (AvgIpc) is 2.64. The molecule has 8 nitrogen and oxygen atoms in total. The molecular formula is C17H12N4O4. The van der Waals surface area contributed by atoms with Crippen molar-refractivity contribution in [2.24, 2.45) is 5.10 Å². The fraction of sp³-hybridized carbons (Fsp3) is 0. The van der Waals surface area contributed by atoms with E-state index < -0.39 is 10.8 Å². The number of aromatic hydroxyl groups is 1. The van der Waals surface area contributed by atoms with Gasteiger partial charge in [-0.1, -0.05) is 18.2 Å². The summed E-state index contributed by atoms with van der Waals surface area (Å²) in [5.74, 6) is -0.691. The van der Waals surface area contributed by atoms with Gasteiger partial charge in [-0.05, 0) is 24.3 Å². The number of hydrazone groups is 1. The number of hydrogen-bond acceptors (Lipinski definition) is 6. The number of nitrogens with one attached hydrogen (secondary N) is 1. The molecule has 1 heterocycles. The highest BCUT2D eigenvalue weighted by Gasteiger charge is 2.18. The second-order valence-electron chi connectivity index (χ2n) is 5.06. The highest BCUT2D eigenvalue weighted by Crippen LogP contribution is 2.33. The predicted octanol–water partition coefficient (Wildman–Crippen LogP) is 2.61. The first-order valence-corrected chi connectivity index (χ1v) is 7.21. The predicted molar refractivity (Wildman–Crippen MR) is 91.6 cm³/mol. The molecule has 0 bridgehead atoms. The number of rotatable bonds is 4. The minimum absolute atomic E-state index is 0.0752. The number of hydrogen-bond donors (Lipinski definition) is 2. The van der Waals surface area contributed by atoms with E-state index in [-0.39, 0.29) is 27.9 Å². The average molecular weight is 336 g/mol. The zero-order chi connectivity index (χ0) is 17.8. The minimum Gasteiger partial charge on any atom is -0.505 e. The van der Waals surface area contributed by atoms with Gasteiger partial charge in [0, 0.05) is 23.4 Å². The molecule has 0 atom stereocenters. The van der Waals surface area contributed by atoms with Crippen LogP contribution in [0, 0.1) is 10.1 Å². The first-order chi connectivity index (χ1) is 12.1. The van der Waals surface area contributed by atoms with Gasteiger partial charge in [-0.15, -0.1) is 0 Å². The van der Waals surface area contributed by atoms with Crippen molar-refractivity contribution in [1.29, 1.82) is 0 Å². The summed E-state index contributed by atoms with van der Waals surface area (Å²) in [5.41, 5.74) is 2.67. The van der Waals surface area contributed by atoms with Gasteiger partial charge in [0.25, 0.3) is 11.6 Å². The SMILES string of the molecule is O=C(N/N=C/c1cc([N+](=O)[O-])c2cccnc2c1O)c1ccccc1. The first kappa shape index (κ1) is 16.1. The summed E-state index contributed by atoms with van der Waals surface area (Å²) >= 11 is 0. The third kappa shape index (κ3) is 3.27. The van der Waals surface area contributed by atoms with Gasteiger partial charge in [-0.2, -0.15) is 5.10 Å². The van der Waals surface area contributed by atoms with Crippen LogP contribution in [0.2, 0.25) is 0 Å². The molecule has 0 saturated heterocycles. The number of benzene rings is 2. The third-order valence-corrected chi connectivity index (χ3v) is 3.48. The largest absolute Gasteiger partial charge is 0.505 e. The van der Waals surface area contributed by atoms with E-state index in [1.54, 1.807) is 36.4 Å². The van der Waals surface area contributed by atoms with Crippen LogP contribution in [0.1, 0.15) is 15.9 Å². The lowest BCUT2D eigenvalue weighted by Gasteiger charge is -2.05. The number of carbonyl (C=O) groups is 1. The van der Waals surface area contributed by atoms with Crippen molar-refractivity contribution in [2.45, 2.75) is 0 Å². The van der Waals surface area contributed by atoms with Crippen molar-refractivity contribution in [3.8, 4) is 5.75 Å². The maximum absolute atomic E-state index is 11.9. The summed E-state index contributed by atoms with van der Waals surface area (Å²) in [6.45, 7) is 0. The van der Waals surface area contributed by atoms with Crippen molar-refractivity contribution < 1.29 is 14.8 Å². The maximum atomic E-state index is 11.9. The molecule has 0 unspecified atom stereocenters. The number of amides is 1. The monoisotopic (exact) mass is 336 g/mol. The Kier molecular flexibility index (Phi) is 4.34. The van der Waals surface area contributed by atoms with Gasteiger partial charge in [0.1, 0.15) is 5.52 Å². The van der Waals surface area contributed by atoms with Gasteiger partial charge < -0.3 is 5.11 Å². The summed E-state index contributed by atoms with van der Waals surface area (Å²) in [4.78, 5) is 26.5. The Hall–Kier alpha value is -3.81. The Bertz CT molecular complexity index is 987. The topological polar surface area (TPSA) is 118 Å². The number of phenols is 1. The molecule has 0 saturated carbocycles. The number of phenolic OH excluding ortho intramolecular Hbond substituents is 1. The standard InChI is InChI=1S/C17H12N4O4/c22-16-12(10-19-20-17(23)11-5-2-1-3-6-11)9-14(21(24)25)13-7-4-8-18-15(13)16/h1-10,22H,(H,20,23)/b19-10+. The molecule has 0 aliphatic carbocycles. The molecule has 1 aromatic heterocycles. The molecule has 1 amide bonds. The summed E-state index contributed by atoms with van der Waals surface area (Å²) in [6, 6.07) is 12.7. The molecule has 124 valence electrons. The summed E-state index contributed by atoms with van der Waals surface area (Å²) in [6.07, 6.45) is 2.56. The number of fused-ring (bicyclic) bond motifs is 1.